The van der Waals surface area contributed by atoms with Crippen LogP contribution in [-0.4, -0.2) is 12.6 Å². The van der Waals surface area contributed by atoms with Crippen LogP contribution in [0.2, 0.25) is 0 Å². The summed E-state index contributed by atoms with van der Waals surface area (Å²) in [5, 5.41) is 0. The van der Waals surface area contributed by atoms with Crippen LogP contribution in [-0.2, 0) is 10.2 Å². The maximum atomic E-state index is 14.4. The van der Waals surface area contributed by atoms with E-state index < -0.39 is 11.8 Å². The lowest BCUT2D eigenvalue weighted by atomic mass is 9.53. The Hall–Kier alpha value is -2.36. The Labute approximate surface area is 172 Å². The van der Waals surface area contributed by atoms with Crippen LogP contribution in [0.1, 0.15) is 68.3 Å². The molecule has 0 aliphatic heterocycles. The maximum absolute atomic E-state index is 14.4. The number of rotatable bonds is 5. The molecular weight excluding hydrogens is 367 g/mol. The van der Waals surface area contributed by atoms with Crippen molar-refractivity contribution in [2.24, 2.45) is 11.8 Å². The molecule has 2 saturated carbocycles. The molecule has 0 saturated heterocycles. The Bertz CT molecular complexity index is 852. The Morgan fingerprint density at radius 2 is 1.66 bits per heavy atom. The third-order valence-corrected chi connectivity index (χ3v) is 7.05. The van der Waals surface area contributed by atoms with Crippen LogP contribution in [0.5, 0.6) is 11.5 Å². The van der Waals surface area contributed by atoms with Crippen molar-refractivity contribution in [3.05, 3.63) is 59.4 Å². The van der Waals surface area contributed by atoms with Gasteiger partial charge in [-0.2, -0.15) is 0 Å². The topological polar surface area (TPSA) is 35.5 Å². The van der Waals surface area contributed by atoms with Crippen molar-refractivity contribution in [2.45, 2.75) is 57.8 Å². The van der Waals surface area contributed by atoms with E-state index in [9.17, 15) is 9.18 Å². The molecule has 2 bridgehead atoms. The van der Waals surface area contributed by atoms with Gasteiger partial charge in [0.1, 0.15) is 5.75 Å². The number of fused-ring (bicyclic) bond motifs is 2. The molecule has 2 aliphatic carbocycles. The summed E-state index contributed by atoms with van der Waals surface area (Å²) in [7, 11) is 0. The molecule has 4 rings (SSSR count). The minimum atomic E-state index is -0.576. The molecule has 0 radical (unpaired) electrons. The number of esters is 1. The monoisotopic (exact) mass is 396 g/mol. The second-order valence-electron chi connectivity index (χ2n) is 8.53. The van der Waals surface area contributed by atoms with Crippen molar-refractivity contribution < 1.29 is 18.7 Å². The predicted molar refractivity (Wildman–Crippen MR) is 111 cm³/mol. The number of hydrogen-bond acceptors (Lipinski definition) is 3. The SMILES string of the molecule is CCOC(=O)c1ccc(Oc2ccc(C3(C)C4CCCC3CCC4)cc2)c(F)c1. The normalized spacial score (nSPS) is 26.0. The van der Waals surface area contributed by atoms with Crippen LogP contribution >= 0.6 is 0 Å². The molecule has 0 atom stereocenters. The van der Waals surface area contributed by atoms with E-state index in [1.807, 2.05) is 12.1 Å². The molecule has 2 fully saturated rings. The lowest BCUT2D eigenvalue weighted by molar-refractivity contribution is 0.0525. The quantitative estimate of drug-likeness (QED) is 0.531. The Kier molecular flexibility index (Phi) is 5.62. The van der Waals surface area contributed by atoms with Gasteiger partial charge in [-0.25, -0.2) is 9.18 Å². The summed E-state index contributed by atoms with van der Waals surface area (Å²) in [6, 6.07) is 12.3. The fourth-order valence-corrected chi connectivity index (χ4v) is 5.45. The Morgan fingerprint density at radius 3 is 2.21 bits per heavy atom. The molecular formula is C25H29FO3. The molecule has 2 aliphatic rings. The fraction of sp³-hybridized carbons (Fsp3) is 0.480. The summed E-state index contributed by atoms with van der Waals surface area (Å²) in [5.74, 6) is 1.11. The number of ether oxygens (including phenoxy) is 2. The van der Waals surface area contributed by atoms with E-state index in [4.69, 9.17) is 9.47 Å². The molecule has 2 aromatic carbocycles. The largest absolute Gasteiger partial charge is 0.462 e. The van der Waals surface area contributed by atoms with Crippen LogP contribution < -0.4 is 4.74 Å². The van der Waals surface area contributed by atoms with Crippen LogP contribution in [0.25, 0.3) is 0 Å². The van der Waals surface area contributed by atoms with Gasteiger partial charge in [-0.15, -0.1) is 0 Å². The summed E-state index contributed by atoms with van der Waals surface area (Å²) in [4.78, 5) is 11.7. The van der Waals surface area contributed by atoms with Crippen molar-refractivity contribution in [1.29, 1.82) is 0 Å². The summed E-state index contributed by atoms with van der Waals surface area (Å²) >= 11 is 0. The molecule has 0 N–H and O–H groups in total. The van der Waals surface area contributed by atoms with Crippen LogP contribution in [0.15, 0.2) is 42.5 Å². The minimum absolute atomic E-state index is 0.103. The van der Waals surface area contributed by atoms with Crippen molar-refractivity contribution in [3.63, 3.8) is 0 Å². The first kappa shape index (κ1) is 19.9. The molecule has 29 heavy (non-hydrogen) atoms. The summed E-state index contributed by atoms with van der Waals surface area (Å²) in [6.45, 7) is 4.41. The smallest absolute Gasteiger partial charge is 0.338 e. The molecule has 3 nitrogen and oxygen atoms in total. The molecule has 0 spiro atoms. The molecule has 0 heterocycles. The van der Waals surface area contributed by atoms with Crippen LogP contribution in [0, 0.1) is 17.7 Å². The highest BCUT2D eigenvalue weighted by Gasteiger charge is 2.46. The molecule has 154 valence electrons. The third-order valence-electron chi connectivity index (χ3n) is 7.05. The fourth-order valence-electron chi connectivity index (χ4n) is 5.45. The zero-order chi connectivity index (χ0) is 20.4. The summed E-state index contributed by atoms with van der Waals surface area (Å²) < 4.78 is 25.0. The van der Waals surface area contributed by atoms with Gasteiger partial charge in [0.15, 0.2) is 11.6 Å². The molecule has 2 aromatic rings. The van der Waals surface area contributed by atoms with E-state index in [0.717, 1.165) is 17.9 Å². The van der Waals surface area contributed by atoms with Gasteiger partial charge in [0.25, 0.3) is 0 Å². The lowest BCUT2D eigenvalue weighted by Crippen LogP contribution is -2.45. The third kappa shape index (κ3) is 3.77. The van der Waals surface area contributed by atoms with Crippen LogP contribution in [0.3, 0.4) is 0 Å². The van der Waals surface area contributed by atoms with E-state index in [0.29, 0.717) is 5.75 Å². The van der Waals surface area contributed by atoms with Gasteiger partial charge in [0.05, 0.1) is 12.2 Å². The van der Waals surface area contributed by atoms with Gasteiger partial charge in [0.2, 0.25) is 0 Å². The number of hydrogen-bond donors (Lipinski definition) is 0. The molecule has 0 aromatic heterocycles. The van der Waals surface area contributed by atoms with E-state index in [2.05, 4.69) is 19.1 Å². The van der Waals surface area contributed by atoms with Gasteiger partial charge >= 0.3 is 5.97 Å². The summed E-state index contributed by atoms with van der Waals surface area (Å²) in [5.41, 5.74) is 1.79. The summed E-state index contributed by atoms with van der Waals surface area (Å²) in [6.07, 6.45) is 8.00. The molecule has 4 heteroatoms. The number of halogens is 1. The first-order valence-electron chi connectivity index (χ1n) is 10.8. The predicted octanol–water partition coefficient (Wildman–Crippen LogP) is 6.65. The average molecular weight is 397 g/mol. The van der Waals surface area contributed by atoms with Crippen molar-refractivity contribution >= 4 is 5.97 Å². The molecule has 0 unspecified atom stereocenters. The van der Waals surface area contributed by atoms with Crippen molar-refractivity contribution in [1.82, 2.24) is 0 Å². The lowest BCUT2D eigenvalue weighted by Gasteiger charge is -2.52. The average Bonchev–Trinajstić information content (AvgIpc) is 2.70. The standard InChI is InChI=1S/C25H29FO3/c1-3-28-24(27)17-10-15-23(22(26)16-17)29-21-13-11-20(12-14-21)25(2)18-6-4-7-19(25)9-5-8-18/h10-16,18-19H,3-9H2,1-2H3. The first-order chi connectivity index (χ1) is 14.0. The van der Waals surface area contributed by atoms with Crippen LogP contribution in [0.4, 0.5) is 4.39 Å². The first-order valence-corrected chi connectivity index (χ1v) is 10.8. The van der Waals surface area contributed by atoms with Gasteiger partial charge in [-0.3, -0.25) is 0 Å². The maximum Gasteiger partial charge on any atom is 0.338 e. The van der Waals surface area contributed by atoms with Gasteiger partial charge in [-0.1, -0.05) is 31.9 Å². The minimum Gasteiger partial charge on any atom is -0.462 e. The zero-order valence-corrected chi connectivity index (χ0v) is 17.2. The Morgan fingerprint density at radius 1 is 1.03 bits per heavy atom. The van der Waals surface area contributed by atoms with E-state index >= 15 is 0 Å². The number of carbonyl (C=O) groups is 1. The zero-order valence-electron chi connectivity index (χ0n) is 17.2. The van der Waals surface area contributed by atoms with Crippen molar-refractivity contribution in [2.75, 3.05) is 6.61 Å². The van der Waals surface area contributed by atoms with E-state index in [1.165, 1.54) is 56.2 Å². The number of benzene rings is 2. The highest BCUT2D eigenvalue weighted by molar-refractivity contribution is 5.89. The van der Waals surface area contributed by atoms with Gasteiger partial charge < -0.3 is 9.47 Å². The Balaban J connectivity index is 1.51. The highest BCUT2D eigenvalue weighted by Crippen LogP contribution is 2.54. The highest BCUT2D eigenvalue weighted by atomic mass is 19.1. The van der Waals surface area contributed by atoms with E-state index in [1.54, 1.807) is 6.92 Å². The van der Waals surface area contributed by atoms with E-state index in [-0.39, 0.29) is 23.3 Å². The second-order valence-corrected chi connectivity index (χ2v) is 8.53. The number of carbonyl (C=O) groups excluding carboxylic acids is 1. The van der Waals surface area contributed by atoms with Gasteiger partial charge in [-0.05, 0) is 85.8 Å². The van der Waals surface area contributed by atoms with Gasteiger partial charge in [0, 0.05) is 0 Å². The molecule has 0 amide bonds. The van der Waals surface area contributed by atoms with Crippen molar-refractivity contribution in [3.8, 4) is 11.5 Å². The second kappa shape index (κ2) is 8.17.